The van der Waals surface area contributed by atoms with Crippen LogP contribution in [0.4, 0.5) is 0 Å². The second-order valence-corrected chi connectivity index (χ2v) is 6.05. The second-order valence-electron chi connectivity index (χ2n) is 5.14. The summed E-state index contributed by atoms with van der Waals surface area (Å²) in [7, 11) is 0. The van der Waals surface area contributed by atoms with Crippen molar-refractivity contribution < 1.29 is 9.90 Å². The number of carbonyl (C=O) groups is 1. The van der Waals surface area contributed by atoms with Crippen molar-refractivity contribution in [3.05, 3.63) is 47.0 Å². The molecule has 1 amide bonds. The molecule has 0 aliphatic heterocycles. The molecule has 20 heavy (non-hydrogen) atoms. The minimum Gasteiger partial charge on any atom is -0.394 e. The molecule has 2 aromatic rings. The van der Waals surface area contributed by atoms with Gasteiger partial charge in [-0.25, -0.2) is 4.98 Å². The highest BCUT2D eigenvalue weighted by Gasteiger charge is 2.21. The van der Waals surface area contributed by atoms with Gasteiger partial charge in [-0.15, -0.1) is 0 Å². The number of nitrogens with zero attached hydrogens (tertiary/aromatic N) is 2. The highest BCUT2D eigenvalue weighted by Crippen LogP contribution is 2.14. The molecule has 0 aliphatic rings. The van der Waals surface area contributed by atoms with E-state index in [-0.39, 0.29) is 12.5 Å². The van der Waals surface area contributed by atoms with E-state index in [1.165, 1.54) is 0 Å². The highest BCUT2D eigenvalue weighted by molar-refractivity contribution is 9.10. The van der Waals surface area contributed by atoms with Gasteiger partial charge in [-0.1, -0.05) is 15.9 Å². The van der Waals surface area contributed by atoms with Crippen molar-refractivity contribution in [3.63, 3.8) is 0 Å². The number of amides is 1. The molecule has 1 aromatic heterocycles. The molecule has 0 aliphatic carbocycles. The molecule has 6 heteroatoms. The van der Waals surface area contributed by atoms with Crippen LogP contribution in [-0.4, -0.2) is 32.7 Å². The molecule has 1 heterocycles. The van der Waals surface area contributed by atoms with Gasteiger partial charge in [0.2, 0.25) is 0 Å². The van der Waals surface area contributed by atoms with E-state index in [9.17, 15) is 4.79 Å². The lowest BCUT2D eigenvalue weighted by molar-refractivity contribution is 0.0864. The Balaban J connectivity index is 2.17. The SMILES string of the molecule is CC(C)(CO)NC(=O)c1cn(-c2ccc(Br)cc2)cn1. The summed E-state index contributed by atoms with van der Waals surface area (Å²) in [6.07, 6.45) is 3.25. The average molecular weight is 338 g/mol. The summed E-state index contributed by atoms with van der Waals surface area (Å²) >= 11 is 3.37. The van der Waals surface area contributed by atoms with Gasteiger partial charge in [-0.2, -0.15) is 0 Å². The fourth-order valence-electron chi connectivity index (χ4n) is 1.61. The molecule has 1 aromatic carbocycles. The van der Waals surface area contributed by atoms with Gasteiger partial charge in [-0.05, 0) is 38.1 Å². The number of aliphatic hydroxyl groups is 1. The quantitative estimate of drug-likeness (QED) is 0.898. The van der Waals surface area contributed by atoms with E-state index in [1.54, 1.807) is 30.9 Å². The topological polar surface area (TPSA) is 67.2 Å². The predicted octanol–water partition coefficient (Wildman–Crippen LogP) is 2.14. The molecule has 106 valence electrons. The van der Waals surface area contributed by atoms with E-state index in [0.717, 1.165) is 10.2 Å². The van der Waals surface area contributed by atoms with Gasteiger partial charge in [0.1, 0.15) is 12.0 Å². The van der Waals surface area contributed by atoms with E-state index in [2.05, 4.69) is 26.2 Å². The first kappa shape index (κ1) is 14.7. The van der Waals surface area contributed by atoms with Gasteiger partial charge in [-0.3, -0.25) is 4.79 Å². The number of halogens is 1. The van der Waals surface area contributed by atoms with E-state index >= 15 is 0 Å². The maximum atomic E-state index is 12.0. The van der Waals surface area contributed by atoms with E-state index in [0.29, 0.717) is 5.69 Å². The van der Waals surface area contributed by atoms with Gasteiger partial charge in [0.25, 0.3) is 5.91 Å². The number of aliphatic hydroxyl groups excluding tert-OH is 1. The zero-order chi connectivity index (χ0) is 14.8. The summed E-state index contributed by atoms with van der Waals surface area (Å²) in [6, 6.07) is 7.68. The van der Waals surface area contributed by atoms with Crippen molar-refractivity contribution in [1.29, 1.82) is 0 Å². The number of aromatic nitrogens is 2. The first-order valence-corrected chi connectivity index (χ1v) is 6.94. The fourth-order valence-corrected chi connectivity index (χ4v) is 1.87. The third-order valence-corrected chi connectivity index (χ3v) is 3.32. The Kier molecular flexibility index (Phi) is 4.25. The standard InChI is InChI=1S/C14H16BrN3O2/c1-14(2,8-19)17-13(20)12-7-18(9-16-12)11-5-3-10(15)4-6-11/h3-7,9,19H,8H2,1-2H3,(H,17,20). The van der Waals surface area contributed by atoms with Crippen molar-refractivity contribution in [1.82, 2.24) is 14.9 Å². The monoisotopic (exact) mass is 337 g/mol. The van der Waals surface area contributed by atoms with E-state index in [4.69, 9.17) is 5.11 Å². The second kappa shape index (κ2) is 5.76. The number of nitrogens with one attached hydrogen (secondary N) is 1. The molecule has 0 bridgehead atoms. The van der Waals surface area contributed by atoms with Gasteiger partial charge >= 0.3 is 0 Å². The maximum Gasteiger partial charge on any atom is 0.271 e. The lowest BCUT2D eigenvalue weighted by Crippen LogP contribution is -2.46. The van der Waals surface area contributed by atoms with Crippen LogP contribution in [0.5, 0.6) is 0 Å². The van der Waals surface area contributed by atoms with Gasteiger partial charge in [0.05, 0.1) is 12.1 Å². The van der Waals surface area contributed by atoms with Crippen molar-refractivity contribution in [2.45, 2.75) is 19.4 Å². The molecule has 0 fully saturated rings. The van der Waals surface area contributed by atoms with Crippen molar-refractivity contribution >= 4 is 21.8 Å². The van der Waals surface area contributed by atoms with Crippen LogP contribution in [-0.2, 0) is 0 Å². The zero-order valence-corrected chi connectivity index (χ0v) is 12.9. The van der Waals surface area contributed by atoms with Crippen molar-refractivity contribution in [2.24, 2.45) is 0 Å². The molecule has 0 saturated heterocycles. The van der Waals surface area contributed by atoms with Crippen LogP contribution in [0.1, 0.15) is 24.3 Å². The average Bonchev–Trinajstić information content (AvgIpc) is 2.89. The van der Waals surface area contributed by atoms with E-state index in [1.807, 2.05) is 24.3 Å². The normalized spacial score (nSPS) is 11.4. The molecule has 0 saturated carbocycles. The van der Waals surface area contributed by atoms with E-state index < -0.39 is 5.54 Å². The summed E-state index contributed by atoms with van der Waals surface area (Å²) < 4.78 is 2.76. The third-order valence-electron chi connectivity index (χ3n) is 2.79. The largest absolute Gasteiger partial charge is 0.394 e. The molecule has 2 N–H and O–H groups in total. The van der Waals surface area contributed by atoms with Gasteiger partial charge in [0, 0.05) is 16.4 Å². The van der Waals surface area contributed by atoms with Crippen LogP contribution >= 0.6 is 15.9 Å². The van der Waals surface area contributed by atoms with Crippen LogP contribution in [0, 0.1) is 0 Å². The molecule has 0 atom stereocenters. The Bertz CT molecular complexity index is 605. The number of benzene rings is 1. The molecule has 5 nitrogen and oxygen atoms in total. The van der Waals surface area contributed by atoms with Crippen LogP contribution in [0.3, 0.4) is 0 Å². The third kappa shape index (κ3) is 3.46. The van der Waals surface area contributed by atoms with Crippen molar-refractivity contribution in [2.75, 3.05) is 6.61 Å². The molecule has 2 rings (SSSR count). The molecule has 0 unspecified atom stereocenters. The molecular formula is C14H16BrN3O2. The number of rotatable bonds is 4. The van der Waals surface area contributed by atoms with Gasteiger partial charge < -0.3 is 15.0 Å². The number of imidazole rings is 1. The minimum atomic E-state index is -0.668. The van der Waals surface area contributed by atoms with Crippen LogP contribution in [0.25, 0.3) is 5.69 Å². The van der Waals surface area contributed by atoms with Crippen molar-refractivity contribution in [3.8, 4) is 5.69 Å². The minimum absolute atomic E-state index is 0.133. The number of hydrogen-bond donors (Lipinski definition) is 2. The summed E-state index contributed by atoms with van der Waals surface area (Å²) in [4.78, 5) is 16.1. The zero-order valence-electron chi connectivity index (χ0n) is 11.3. The van der Waals surface area contributed by atoms with Crippen LogP contribution < -0.4 is 5.32 Å². The summed E-state index contributed by atoms with van der Waals surface area (Å²) in [6.45, 7) is 3.36. The summed E-state index contributed by atoms with van der Waals surface area (Å²) in [5.74, 6) is -0.306. The Morgan fingerprint density at radius 2 is 2.05 bits per heavy atom. The molecule has 0 spiro atoms. The first-order chi connectivity index (χ1) is 9.41. The molecule has 0 radical (unpaired) electrons. The first-order valence-electron chi connectivity index (χ1n) is 6.14. The Labute approximate surface area is 125 Å². The Hall–Kier alpha value is -1.66. The number of carbonyl (C=O) groups excluding carboxylic acids is 1. The smallest absolute Gasteiger partial charge is 0.271 e. The predicted molar refractivity (Wildman–Crippen MR) is 79.9 cm³/mol. The lowest BCUT2D eigenvalue weighted by atomic mass is 10.1. The number of hydrogen-bond acceptors (Lipinski definition) is 3. The van der Waals surface area contributed by atoms with Crippen LogP contribution in [0.15, 0.2) is 41.3 Å². The lowest BCUT2D eigenvalue weighted by Gasteiger charge is -2.22. The summed E-state index contributed by atoms with van der Waals surface area (Å²) in [5.41, 5.74) is 0.564. The van der Waals surface area contributed by atoms with Gasteiger partial charge in [0.15, 0.2) is 0 Å². The molecular weight excluding hydrogens is 322 g/mol. The fraction of sp³-hybridized carbons (Fsp3) is 0.286. The maximum absolute atomic E-state index is 12.0. The highest BCUT2D eigenvalue weighted by atomic mass is 79.9. The summed E-state index contributed by atoms with van der Waals surface area (Å²) in [5, 5.41) is 11.9. The van der Waals surface area contributed by atoms with Crippen LogP contribution in [0.2, 0.25) is 0 Å². The Morgan fingerprint density at radius 1 is 1.40 bits per heavy atom. The Morgan fingerprint density at radius 3 is 2.65 bits per heavy atom.